The van der Waals surface area contributed by atoms with E-state index in [9.17, 15) is 0 Å². The quantitative estimate of drug-likeness (QED) is 0.756. The van der Waals surface area contributed by atoms with E-state index in [1.165, 1.54) is 6.42 Å². The summed E-state index contributed by atoms with van der Waals surface area (Å²) in [4.78, 5) is 0.349. The molecule has 1 fully saturated rings. The molecule has 1 aromatic rings. The Morgan fingerprint density at radius 3 is 3.15 bits per heavy atom. The lowest BCUT2D eigenvalue weighted by molar-refractivity contribution is 0.103. The first-order chi connectivity index (χ1) is 6.34. The van der Waals surface area contributed by atoms with Crippen molar-refractivity contribution in [2.75, 3.05) is 6.61 Å². The van der Waals surface area contributed by atoms with E-state index in [0.717, 1.165) is 25.9 Å². The third-order valence-corrected chi connectivity index (χ3v) is 2.36. The standard InChI is InChI=1S/C8H12N2O2S/c13-8-10-9-7(12-8)4-3-6-2-1-5-11-6/h6H,1-5H2,(H,10,13). The first-order valence-corrected chi connectivity index (χ1v) is 4.91. The fourth-order valence-corrected chi connectivity index (χ4v) is 1.67. The van der Waals surface area contributed by atoms with Gasteiger partial charge in [-0.3, -0.25) is 0 Å². The highest BCUT2D eigenvalue weighted by molar-refractivity contribution is 7.71. The van der Waals surface area contributed by atoms with Crippen molar-refractivity contribution in [3.05, 3.63) is 10.7 Å². The van der Waals surface area contributed by atoms with Crippen LogP contribution in [0.1, 0.15) is 25.2 Å². The number of H-pyrrole nitrogens is 1. The van der Waals surface area contributed by atoms with Gasteiger partial charge in [-0.2, -0.15) is 0 Å². The highest BCUT2D eigenvalue weighted by Gasteiger charge is 2.15. The Bertz CT molecular complexity index is 314. The van der Waals surface area contributed by atoms with Crippen LogP contribution in [0.15, 0.2) is 4.42 Å². The van der Waals surface area contributed by atoms with E-state index in [0.29, 0.717) is 16.8 Å². The number of nitrogens with zero attached hydrogens (tertiary/aromatic N) is 1. The number of nitrogens with one attached hydrogen (secondary N) is 1. The Morgan fingerprint density at radius 2 is 2.54 bits per heavy atom. The van der Waals surface area contributed by atoms with Crippen LogP contribution in [0.25, 0.3) is 0 Å². The monoisotopic (exact) mass is 200 g/mol. The van der Waals surface area contributed by atoms with Gasteiger partial charge in [0, 0.05) is 13.0 Å². The zero-order valence-corrected chi connectivity index (χ0v) is 8.10. The summed E-state index contributed by atoms with van der Waals surface area (Å²) in [5, 5.41) is 6.53. The summed E-state index contributed by atoms with van der Waals surface area (Å²) in [6.45, 7) is 0.897. The Kier molecular flexibility index (Phi) is 2.75. The number of ether oxygens (including phenoxy) is 1. The molecule has 72 valence electrons. The van der Waals surface area contributed by atoms with Crippen LogP contribution in [0.2, 0.25) is 0 Å². The molecule has 0 radical (unpaired) electrons. The summed E-state index contributed by atoms with van der Waals surface area (Å²) in [5.74, 6) is 0.681. The van der Waals surface area contributed by atoms with Crippen molar-refractivity contribution in [1.82, 2.24) is 10.2 Å². The minimum atomic E-state index is 0.349. The van der Waals surface area contributed by atoms with E-state index in [1.54, 1.807) is 0 Å². The first kappa shape index (κ1) is 8.90. The molecule has 0 aromatic carbocycles. The number of rotatable bonds is 3. The van der Waals surface area contributed by atoms with Gasteiger partial charge in [0.05, 0.1) is 6.10 Å². The zero-order valence-electron chi connectivity index (χ0n) is 7.28. The number of aromatic nitrogens is 2. The first-order valence-electron chi connectivity index (χ1n) is 4.50. The van der Waals surface area contributed by atoms with Crippen LogP contribution < -0.4 is 0 Å². The molecule has 1 N–H and O–H groups in total. The summed E-state index contributed by atoms with van der Waals surface area (Å²) in [6.07, 6.45) is 4.50. The van der Waals surface area contributed by atoms with Crippen LogP contribution in [0.3, 0.4) is 0 Å². The van der Waals surface area contributed by atoms with Gasteiger partial charge in [0.1, 0.15) is 0 Å². The Hall–Kier alpha value is -0.680. The Labute approximate surface area is 81.3 Å². The average molecular weight is 200 g/mol. The molecule has 1 unspecified atom stereocenters. The molecule has 1 aromatic heterocycles. The van der Waals surface area contributed by atoms with Crippen LogP contribution in [-0.2, 0) is 11.2 Å². The fourth-order valence-electron chi connectivity index (χ4n) is 1.52. The summed E-state index contributed by atoms with van der Waals surface area (Å²) in [5.41, 5.74) is 0. The van der Waals surface area contributed by atoms with Crippen molar-refractivity contribution < 1.29 is 9.15 Å². The highest BCUT2D eigenvalue weighted by atomic mass is 32.1. The van der Waals surface area contributed by atoms with Gasteiger partial charge in [-0.25, -0.2) is 5.10 Å². The van der Waals surface area contributed by atoms with E-state index in [4.69, 9.17) is 21.4 Å². The molecule has 0 aliphatic carbocycles. The SMILES string of the molecule is S=c1[nH]nc(CCC2CCCO2)o1. The van der Waals surface area contributed by atoms with Crippen molar-refractivity contribution in [3.63, 3.8) is 0 Å². The molecule has 5 heteroatoms. The largest absolute Gasteiger partial charge is 0.414 e. The third kappa shape index (κ3) is 2.38. The van der Waals surface area contributed by atoms with Gasteiger partial charge in [0.25, 0.3) is 4.84 Å². The van der Waals surface area contributed by atoms with E-state index in [2.05, 4.69) is 10.2 Å². The summed E-state index contributed by atoms with van der Waals surface area (Å²) in [7, 11) is 0. The van der Waals surface area contributed by atoms with Crippen molar-refractivity contribution in [3.8, 4) is 0 Å². The van der Waals surface area contributed by atoms with Crippen molar-refractivity contribution in [1.29, 1.82) is 0 Å². The Balaban J connectivity index is 1.82. The van der Waals surface area contributed by atoms with Crippen molar-refractivity contribution in [2.24, 2.45) is 0 Å². The minimum absolute atomic E-state index is 0.349. The van der Waals surface area contributed by atoms with E-state index < -0.39 is 0 Å². The summed E-state index contributed by atoms with van der Waals surface area (Å²) >= 11 is 4.77. The second kappa shape index (κ2) is 4.02. The number of aromatic amines is 1. The van der Waals surface area contributed by atoms with E-state index in [1.807, 2.05) is 0 Å². The molecule has 4 nitrogen and oxygen atoms in total. The smallest absolute Gasteiger partial charge is 0.284 e. The van der Waals surface area contributed by atoms with Gasteiger partial charge in [-0.15, -0.1) is 5.10 Å². The molecule has 1 saturated heterocycles. The molecule has 2 heterocycles. The number of hydrogen-bond donors (Lipinski definition) is 1. The van der Waals surface area contributed by atoms with Crippen LogP contribution in [-0.4, -0.2) is 22.9 Å². The molecule has 13 heavy (non-hydrogen) atoms. The van der Waals surface area contributed by atoms with Crippen molar-refractivity contribution in [2.45, 2.75) is 31.8 Å². The maximum Gasteiger partial charge on any atom is 0.284 e. The zero-order chi connectivity index (χ0) is 9.10. The van der Waals surface area contributed by atoms with Gasteiger partial charge in [-0.1, -0.05) is 0 Å². The molecular weight excluding hydrogens is 188 g/mol. The van der Waals surface area contributed by atoms with Gasteiger partial charge < -0.3 is 9.15 Å². The molecule has 0 amide bonds. The maximum absolute atomic E-state index is 5.48. The second-order valence-electron chi connectivity index (χ2n) is 3.18. The molecule has 1 aliphatic heterocycles. The molecule has 1 aliphatic rings. The lowest BCUT2D eigenvalue weighted by Crippen LogP contribution is -2.06. The van der Waals surface area contributed by atoms with Crippen LogP contribution in [0.5, 0.6) is 0 Å². The molecule has 1 atom stereocenters. The van der Waals surface area contributed by atoms with Gasteiger partial charge in [0.2, 0.25) is 5.89 Å². The van der Waals surface area contributed by atoms with E-state index in [-0.39, 0.29) is 0 Å². The average Bonchev–Trinajstić information content (AvgIpc) is 2.71. The Morgan fingerprint density at radius 1 is 1.62 bits per heavy atom. The summed E-state index contributed by atoms with van der Waals surface area (Å²) < 4.78 is 10.6. The highest BCUT2D eigenvalue weighted by Crippen LogP contribution is 2.16. The molecule has 0 saturated carbocycles. The van der Waals surface area contributed by atoms with Crippen LogP contribution in [0, 0.1) is 4.84 Å². The topological polar surface area (TPSA) is 51.0 Å². The minimum Gasteiger partial charge on any atom is -0.414 e. The lowest BCUT2D eigenvalue weighted by atomic mass is 10.1. The van der Waals surface area contributed by atoms with Gasteiger partial charge >= 0.3 is 0 Å². The predicted octanol–water partition coefficient (Wildman–Crippen LogP) is 1.84. The second-order valence-corrected chi connectivity index (χ2v) is 3.55. The van der Waals surface area contributed by atoms with Gasteiger partial charge in [-0.05, 0) is 31.5 Å². The predicted molar refractivity (Wildman–Crippen MR) is 49.0 cm³/mol. The summed E-state index contributed by atoms with van der Waals surface area (Å²) in [6, 6.07) is 0. The number of aryl methyl sites for hydroxylation is 1. The molecule has 0 spiro atoms. The normalized spacial score (nSPS) is 22.3. The van der Waals surface area contributed by atoms with E-state index >= 15 is 0 Å². The third-order valence-electron chi connectivity index (χ3n) is 2.19. The van der Waals surface area contributed by atoms with Gasteiger partial charge in [0.15, 0.2) is 0 Å². The molecular formula is C8H12N2O2S. The molecule has 0 bridgehead atoms. The van der Waals surface area contributed by atoms with Crippen LogP contribution in [0.4, 0.5) is 0 Å². The maximum atomic E-state index is 5.48. The molecule has 2 rings (SSSR count). The van der Waals surface area contributed by atoms with Crippen LogP contribution >= 0.6 is 12.2 Å². The number of hydrogen-bond acceptors (Lipinski definition) is 4. The lowest BCUT2D eigenvalue weighted by Gasteiger charge is -2.05. The fraction of sp³-hybridized carbons (Fsp3) is 0.750. The van der Waals surface area contributed by atoms with Crippen molar-refractivity contribution >= 4 is 12.2 Å².